The van der Waals surface area contributed by atoms with E-state index in [4.69, 9.17) is 9.47 Å². The number of alkyl carbamates (subject to hydrolysis) is 1. The molecule has 0 aromatic carbocycles. The maximum atomic E-state index is 10.8. The maximum absolute atomic E-state index is 10.8. The second kappa shape index (κ2) is 3.24. The highest BCUT2D eigenvalue weighted by molar-refractivity contribution is 5.71. The molecule has 0 radical (unpaired) electrons. The molecule has 13 heavy (non-hydrogen) atoms. The molecule has 1 N–H and O–H groups in total. The molecular weight excluding hydrogens is 174 g/mol. The van der Waals surface area contributed by atoms with Crippen molar-refractivity contribution in [1.82, 2.24) is 5.32 Å². The SMILES string of the molecule is CC(=O)OCC1NC(=O)OC1(C)C. The molecule has 1 unspecified atom stereocenters. The average molecular weight is 187 g/mol. The van der Waals surface area contributed by atoms with Crippen LogP contribution in [0.25, 0.3) is 0 Å². The van der Waals surface area contributed by atoms with Gasteiger partial charge in [0.25, 0.3) is 0 Å². The molecule has 0 aliphatic carbocycles. The summed E-state index contributed by atoms with van der Waals surface area (Å²) in [5.41, 5.74) is -0.619. The fourth-order valence-corrected chi connectivity index (χ4v) is 1.10. The fourth-order valence-electron chi connectivity index (χ4n) is 1.10. The van der Waals surface area contributed by atoms with Crippen molar-refractivity contribution in [1.29, 1.82) is 0 Å². The molecule has 1 saturated heterocycles. The smallest absolute Gasteiger partial charge is 0.408 e. The van der Waals surface area contributed by atoms with E-state index in [2.05, 4.69) is 5.32 Å². The molecule has 0 saturated carbocycles. The summed E-state index contributed by atoms with van der Waals surface area (Å²) in [7, 11) is 0. The van der Waals surface area contributed by atoms with E-state index >= 15 is 0 Å². The van der Waals surface area contributed by atoms with Gasteiger partial charge in [0.15, 0.2) is 0 Å². The van der Waals surface area contributed by atoms with Crippen LogP contribution in [0.2, 0.25) is 0 Å². The molecule has 1 heterocycles. The van der Waals surface area contributed by atoms with Crippen LogP contribution in [0, 0.1) is 0 Å². The summed E-state index contributed by atoms with van der Waals surface area (Å²) in [5.74, 6) is -0.364. The van der Waals surface area contributed by atoms with E-state index in [0.717, 1.165) is 0 Å². The average Bonchev–Trinajstić information content (AvgIpc) is 2.19. The third-order valence-corrected chi connectivity index (χ3v) is 1.94. The van der Waals surface area contributed by atoms with Gasteiger partial charge in [0, 0.05) is 6.92 Å². The summed E-state index contributed by atoms with van der Waals surface area (Å²) in [6.45, 7) is 5.00. The predicted octanol–water partition coefficient (Wildman–Crippen LogP) is 0.436. The van der Waals surface area contributed by atoms with Gasteiger partial charge in [0.2, 0.25) is 0 Å². The Morgan fingerprint density at radius 2 is 2.31 bits per heavy atom. The van der Waals surface area contributed by atoms with Gasteiger partial charge in [0.05, 0.1) is 0 Å². The van der Waals surface area contributed by atoms with Crippen LogP contribution in [0.5, 0.6) is 0 Å². The van der Waals surface area contributed by atoms with E-state index in [0.29, 0.717) is 0 Å². The summed E-state index contributed by atoms with van der Waals surface area (Å²) in [6.07, 6.45) is -0.470. The number of amides is 1. The Kier molecular flexibility index (Phi) is 2.45. The van der Waals surface area contributed by atoms with Gasteiger partial charge in [-0.3, -0.25) is 4.79 Å². The van der Waals surface area contributed by atoms with Gasteiger partial charge in [-0.25, -0.2) is 4.79 Å². The Hall–Kier alpha value is -1.26. The van der Waals surface area contributed by atoms with E-state index in [-0.39, 0.29) is 18.6 Å². The molecule has 0 spiro atoms. The van der Waals surface area contributed by atoms with Crippen LogP contribution < -0.4 is 5.32 Å². The fraction of sp³-hybridized carbons (Fsp3) is 0.750. The second-order valence-corrected chi connectivity index (χ2v) is 3.49. The zero-order valence-electron chi connectivity index (χ0n) is 7.92. The molecule has 1 aliphatic heterocycles. The number of carbonyl (C=O) groups is 2. The molecule has 0 aromatic rings. The minimum atomic E-state index is -0.619. The molecule has 0 bridgehead atoms. The van der Waals surface area contributed by atoms with E-state index in [1.54, 1.807) is 13.8 Å². The van der Waals surface area contributed by atoms with Gasteiger partial charge in [-0.05, 0) is 13.8 Å². The van der Waals surface area contributed by atoms with E-state index < -0.39 is 11.7 Å². The number of hydrogen-bond donors (Lipinski definition) is 1. The Bertz CT molecular complexity index is 236. The first-order valence-corrected chi connectivity index (χ1v) is 4.04. The van der Waals surface area contributed by atoms with Crippen molar-refractivity contribution in [2.75, 3.05) is 6.61 Å². The van der Waals surface area contributed by atoms with Crippen molar-refractivity contribution >= 4 is 12.1 Å². The molecule has 1 fully saturated rings. The Morgan fingerprint density at radius 3 is 2.69 bits per heavy atom. The zero-order valence-corrected chi connectivity index (χ0v) is 7.92. The third kappa shape index (κ3) is 2.34. The minimum absolute atomic E-state index is 0.147. The van der Waals surface area contributed by atoms with E-state index in [1.807, 2.05) is 0 Å². The number of cyclic esters (lactones) is 1. The molecule has 1 rings (SSSR count). The van der Waals surface area contributed by atoms with Crippen molar-refractivity contribution in [3.63, 3.8) is 0 Å². The standard InChI is InChI=1S/C8H13NO4/c1-5(10)12-4-6-8(2,3)13-7(11)9-6/h6H,4H2,1-3H3,(H,9,11). The highest BCUT2D eigenvalue weighted by Crippen LogP contribution is 2.21. The van der Waals surface area contributed by atoms with Gasteiger partial charge in [-0.15, -0.1) is 0 Å². The van der Waals surface area contributed by atoms with Gasteiger partial charge >= 0.3 is 12.1 Å². The van der Waals surface area contributed by atoms with E-state index in [9.17, 15) is 9.59 Å². The first-order valence-electron chi connectivity index (χ1n) is 4.04. The quantitative estimate of drug-likeness (QED) is 0.637. The topological polar surface area (TPSA) is 64.6 Å². The van der Waals surface area contributed by atoms with Crippen LogP contribution in [-0.2, 0) is 14.3 Å². The van der Waals surface area contributed by atoms with Crippen molar-refractivity contribution in [3.05, 3.63) is 0 Å². The lowest BCUT2D eigenvalue weighted by atomic mass is 10.0. The Balaban J connectivity index is 2.50. The number of carbonyl (C=O) groups excluding carboxylic acids is 2. The molecule has 5 heteroatoms. The van der Waals surface area contributed by atoms with Crippen LogP contribution in [0.4, 0.5) is 4.79 Å². The molecular formula is C8H13NO4. The summed E-state index contributed by atoms with van der Waals surface area (Å²) in [4.78, 5) is 21.4. The summed E-state index contributed by atoms with van der Waals surface area (Å²) >= 11 is 0. The van der Waals surface area contributed by atoms with Crippen LogP contribution in [0.15, 0.2) is 0 Å². The second-order valence-electron chi connectivity index (χ2n) is 3.49. The third-order valence-electron chi connectivity index (χ3n) is 1.94. The van der Waals surface area contributed by atoms with Crippen LogP contribution in [-0.4, -0.2) is 30.3 Å². The zero-order chi connectivity index (χ0) is 10.1. The van der Waals surface area contributed by atoms with Crippen molar-refractivity contribution in [2.24, 2.45) is 0 Å². The normalized spacial score (nSPS) is 24.8. The molecule has 5 nitrogen and oxygen atoms in total. The predicted molar refractivity (Wildman–Crippen MR) is 44.1 cm³/mol. The van der Waals surface area contributed by atoms with Crippen LogP contribution >= 0.6 is 0 Å². The number of nitrogens with one attached hydrogen (secondary N) is 1. The van der Waals surface area contributed by atoms with Crippen LogP contribution in [0.3, 0.4) is 0 Å². The van der Waals surface area contributed by atoms with E-state index in [1.165, 1.54) is 6.92 Å². The highest BCUT2D eigenvalue weighted by atomic mass is 16.6. The molecule has 1 aliphatic rings. The molecule has 1 atom stereocenters. The number of rotatable bonds is 2. The van der Waals surface area contributed by atoms with Gasteiger partial charge in [-0.2, -0.15) is 0 Å². The van der Waals surface area contributed by atoms with Crippen molar-refractivity contribution in [2.45, 2.75) is 32.4 Å². The monoisotopic (exact) mass is 187 g/mol. The Morgan fingerprint density at radius 1 is 1.69 bits per heavy atom. The summed E-state index contributed by atoms with van der Waals surface area (Å²) < 4.78 is 9.73. The first-order chi connectivity index (χ1) is 5.92. The number of esters is 1. The molecule has 0 aromatic heterocycles. The van der Waals surface area contributed by atoms with Crippen LogP contribution in [0.1, 0.15) is 20.8 Å². The molecule has 74 valence electrons. The lowest BCUT2D eigenvalue weighted by Gasteiger charge is -2.22. The lowest BCUT2D eigenvalue weighted by molar-refractivity contribution is -0.142. The lowest BCUT2D eigenvalue weighted by Crippen LogP contribution is -2.42. The maximum Gasteiger partial charge on any atom is 0.408 e. The summed E-state index contributed by atoms with van der Waals surface area (Å²) in [5, 5.41) is 2.56. The van der Waals surface area contributed by atoms with Gasteiger partial charge < -0.3 is 14.8 Å². The van der Waals surface area contributed by atoms with Gasteiger partial charge in [0.1, 0.15) is 18.2 Å². The Labute approximate surface area is 76.4 Å². The molecule has 1 amide bonds. The van der Waals surface area contributed by atoms with Crippen molar-refractivity contribution < 1.29 is 19.1 Å². The van der Waals surface area contributed by atoms with Crippen molar-refractivity contribution in [3.8, 4) is 0 Å². The largest absolute Gasteiger partial charge is 0.464 e. The van der Waals surface area contributed by atoms with Gasteiger partial charge in [-0.1, -0.05) is 0 Å². The first kappa shape index (κ1) is 9.83. The number of ether oxygens (including phenoxy) is 2. The minimum Gasteiger partial charge on any atom is -0.464 e. The summed E-state index contributed by atoms with van der Waals surface area (Å²) in [6, 6.07) is -0.274. The highest BCUT2D eigenvalue weighted by Gasteiger charge is 2.41. The number of hydrogen-bond acceptors (Lipinski definition) is 4.